The number of benzene rings is 1. The predicted molar refractivity (Wildman–Crippen MR) is 54.9 cm³/mol. The highest BCUT2D eigenvalue weighted by Crippen LogP contribution is 2.33. The van der Waals surface area contributed by atoms with Crippen molar-refractivity contribution in [1.29, 1.82) is 0 Å². The van der Waals surface area contributed by atoms with E-state index in [9.17, 15) is 8.42 Å². The summed E-state index contributed by atoms with van der Waals surface area (Å²) in [6.45, 7) is 0. The summed E-state index contributed by atoms with van der Waals surface area (Å²) in [4.78, 5) is -0.0556. The molecule has 0 heterocycles. The highest BCUT2D eigenvalue weighted by atomic mass is 32.2. The molecule has 0 aromatic heterocycles. The molecule has 0 spiro atoms. The molecule has 0 unspecified atom stereocenters. The van der Waals surface area contributed by atoms with Crippen LogP contribution in [0.1, 0.15) is 0 Å². The van der Waals surface area contributed by atoms with E-state index < -0.39 is 9.84 Å². The molecule has 78 valence electrons. The minimum Gasteiger partial charge on any atom is -0.495 e. The van der Waals surface area contributed by atoms with Crippen LogP contribution >= 0.6 is 0 Å². The number of rotatable bonds is 2. The average molecular weight is 216 g/mol. The van der Waals surface area contributed by atoms with E-state index in [0.717, 1.165) is 6.26 Å². The third-order valence-electron chi connectivity index (χ3n) is 1.78. The standard InChI is InChI=1S/C8H12N2O3S/c1-13-6-4-3-5(9)7(10)8(6)14(2,11)12/h3-4H,9-10H2,1-2H3. The molecule has 14 heavy (non-hydrogen) atoms. The van der Waals surface area contributed by atoms with Gasteiger partial charge in [0.2, 0.25) is 0 Å². The molecule has 6 heteroatoms. The van der Waals surface area contributed by atoms with E-state index >= 15 is 0 Å². The van der Waals surface area contributed by atoms with Crippen LogP contribution in [0.4, 0.5) is 11.4 Å². The van der Waals surface area contributed by atoms with Gasteiger partial charge >= 0.3 is 0 Å². The molecule has 1 aromatic carbocycles. The molecule has 0 saturated carbocycles. The second-order valence-electron chi connectivity index (χ2n) is 2.87. The summed E-state index contributed by atoms with van der Waals surface area (Å²) in [5, 5.41) is 0. The summed E-state index contributed by atoms with van der Waals surface area (Å²) in [6, 6.07) is 2.98. The van der Waals surface area contributed by atoms with Gasteiger partial charge in [0.25, 0.3) is 0 Å². The highest BCUT2D eigenvalue weighted by Gasteiger charge is 2.19. The van der Waals surface area contributed by atoms with Gasteiger partial charge in [-0.25, -0.2) is 8.42 Å². The Labute approximate surface area is 82.6 Å². The zero-order valence-corrected chi connectivity index (χ0v) is 8.76. The van der Waals surface area contributed by atoms with E-state index in [2.05, 4.69) is 0 Å². The van der Waals surface area contributed by atoms with Gasteiger partial charge in [0.1, 0.15) is 10.6 Å². The molecule has 0 fully saturated rings. The molecule has 4 N–H and O–H groups in total. The lowest BCUT2D eigenvalue weighted by Crippen LogP contribution is -2.07. The molecule has 0 aliphatic carbocycles. The SMILES string of the molecule is COc1ccc(N)c(N)c1S(C)(=O)=O. The molecule has 0 aliphatic heterocycles. The van der Waals surface area contributed by atoms with Crippen LogP contribution in [0.15, 0.2) is 17.0 Å². The lowest BCUT2D eigenvalue weighted by atomic mass is 10.2. The Kier molecular flexibility index (Phi) is 2.57. The van der Waals surface area contributed by atoms with Gasteiger partial charge in [0.15, 0.2) is 9.84 Å². The van der Waals surface area contributed by atoms with Crippen LogP contribution < -0.4 is 16.2 Å². The van der Waals surface area contributed by atoms with Gasteiger partial charge in [-0.05, 0) is 12.1 Å². The quantitative estimate of drug-likeness (QED) is 0.691. The van der Waals surface area contributed by atoms with Crippen molar-refractivity contribution in [3.05, 3.63) is 12.1 Å². The maximum Gasteiger partial charge on any atom is 0.181 e. The summed E-state index contributed by atoms with van der Waals surface area (Å²) in [5.74, 6) is 0.208. The number of nitrogen functional groups attached to an aromatic ring is 2. The number of anilines is 2. The molecule has 0 amide bonds. The zero-order valence-electron chi connectivity index (χ0n) is 7.94. The number of sulfone groups is 1. The first-order chi connectivity index (χ1) is 6.38. The molecule has 1 aromatic rings. The largest absolute Gasteiger partial charge is 0.495 e. The van der Waals surface area contributed by atoms with Crippen molar-refractivity contribution in [2.45, 2.75) is 4.90 Å². The Morgan fingerprint density at radius 3 is 2.29 bits per heavy atom. The summed E-state index contributed by atoms with van der Waals surface area (Å²) < 4.78 is 27.6. The van der Waals surface area contributed by atoms with Crippen LogP contribution in [0.2, 0.25) is 0 Å². The van der Waals surface area contributed by atoms with Crippen LogP contribution in [0.25, 0.3) is 0 Å². The first-order valence-corrected chi connectivity index (χ1v) is 5.69. The molecule has 1 rings (SSSR count). The fraction of sp³-hybridized carbons (Fsp3) is 0.250. The van der Waals surface area contributed by atoms with Gasteiger partial charge in [0.05, 0.1) is 18.5 Å². The number of nitrogens with two attached hydrogens (primary N) is 2. The summed E-state index contributed by atoms with van der Waals surface area (Å²) in [5.41, 5.74) is 11.3. The van der Waals surface area contributed by atoms with Crippen molar-refractivity contribution in [1.82, 2.24) is 0 Å². The molecule has 0 atom stereocenters. The number of hydrogen-bond acceptors (Lipinski definition) is 5. The van der Waals surface area contributed by atoms with Crippen molar-refractivity contribution in [2.75, 3.05) is 24.8 Å². The van der Waals surface area contributed by atoms with Crippen molar-refractivity contribution in [2.24, 2.45) is 0 Å². The van der Waals surface area contributed by atoms with Crippen molar-refractivity contribution in [3.8, 4) is 5.75 Å². The average Bonchev–Trinajstić information content (AvgIpc) is 2.07. The van der Waals surface area contributed by atoms with Gasteiger partial charge in [0, 0.05) is 6.26 Å². The van der Waals surface area contributed by atoms with Crippen molar-refractivity contribution >= 4 is 21.2 Å². The van der Waals surface area contributed by atoms with E-state index in [1.165, 1.54) is 19.2 Å². The Morgan fingerprint density at radius 1 is 1.29 bits per heavy atom. The van der Waals surface area contributed by atoms with E-state index in [-0.39, 0.29) is 22.0 Å². The topological polar surface area (TPSA) is 95.4 Å². The molecular weight excluding hydrogens is 204 g/mol. The molecule has 0 saturated heterocycles. The maximum absolute atomic E-state index is 11.4. The first-order valence-electron chi connectivity index (χ1n) is 3.80. The second kappa shape index (κ2) is 3.38. The second-order valence-corrected chi connectivity index (χ2v) is 4.82. The smallest absolute Gasteiger partial charge is 0.181 e. The summed E-state index contributed by atoms with van der Waals surface area (Å²) in [7, 11) is -2.05. The number of hydrogen-bond donors (Lipinski definition) is 2. The molecule has 5 nitrogen and oxygen atoms in total. The number of methoxy groups -OCH3 is 1. The van der Waals surface area contributed by atoms with E-state index in [1.807, 2.05) is 0 Å². The van der Waals surface area contributed by atoms with Crippen LogP contribution in [-0.4, -0.2) is 21.8 Å². The highest BCUT2D eigenvalue weighted by molar-refractivity contribution is 7.91. The summed E-state index contributed by atoms with van der Waals surface area (Å²) in [6.07, 6.45) is 1.06. The van der Waals surface area contributed by atoms with E-state index in [0.29, 0.717) is 0 Å². The third-order valence-corrected chi connectivity index (χ3v) is 2.95. The van der Waals surface area contributed by atoms with Crippen LogP contribution in [0.5, 0.6) is 5.75 Å². The Hall–Kier alpha value is -1.43. The lowest BCUT2D eigenvalue weighted by Gasteiger charge is -2.10. The molecule has 0 aliphatic rings. The van der Waals surface area contributed by atoms with Crippen LogP contribution in [0.3, 0.4) is 0 Å². The molecule has 0 bridgehead atoms. The summed E-state index contributed by atoms with van der Waals surface area (Å²) >= 11 is 0. The molecular formula is C8H12N2O3S. The fourth-order valence-corrected chi connectivity index (χ4v) is 2.17. The van der Waals surface area contributed by atoms with Crippen LogP contribution in [-0.2, 0) is 9.84 Å². The Balaban J connectivity index is 3.60. The zero-order chi connectivity index (χ0) is 10.9. The normalized spacial score (nSPS) is 11.3. The van der Waals surface area contributed by atoms with E-state index in [4.69, 9.17) is 16.2 Å². The predicted octanol–water partition coefficient (Wildman–Crippen LogP) is 0.263. The maximum atomic E-state index is 11.4. The minimum atomic E-state index is -3.43. The van der Waals surface area contributed by atoms with Gasteiger partial charge in [-0.3, -0.25) is 0 Å². The lowest BCUT2D eigenvalue weighted by molar-refractivity contribution is 0.403. The monoisotopic (exact) mass is 216 g/mol. The van der Waals surface area contributed by atoms with E-state index in [1.54, 1.807) is 0 Å². The first kappa shape index (κ1) is 10.6. The minimum absolute atomic E-state index is 0.0341. The Morgan fingerprint density at radius 2 is 1.86 bits per heavy atom. The van der Waals surface area contributed by atoms with Crippen molar-refractivity contribution in [3.63, 3.8) is 0 Å². The van der Waals surface area contributed by atoms with Gasteiger partial charge < -0.3 is 16.2 Å². The number of ether oxygens (including phenoxy) is 1. The van der Waals surface area contributed by atoms with Gasteiger partial charge in [-0.2, -0.15) is 0 Å². The van der Waals surface area contributed by atoms with Crippen LogP contribution in [0, 0.1) is 0 Å². The fourth-order valence-electron chi connectivity index (χ4n) is 1.14. The van der Waals surface area contributed by atoms with Crippen molar-refractivity contribution < 1.29 is 13.2 Å². The van der Waals surface area contributed by atoms with Gasteiger partial charge in [-0.1, -0.05) is 0 Å². The Bertz CT molecular complexity index is 454. The molecule has 0 radical (unpaired) electrons. The third kappa shape index (κ3) is 1.74. The van der Waals surface area contributed by atoms with Gasteiger partial charge in [-0.15, -0.1) is 0 Å².